The first-order valence-electron chi connectivity index (χ1n) is 17.0. The molecule has 2 aliphatic rings. The Morgan fingerprint density at radius 2 is 1.63 bits per heavy atom. The van der Waals surface area contributed by atoms with Gasteiger partial charge < -0.3 is 20.3 Å². The molecule has 1 aliphatic heterocycles. The van der Waals surface area contributed by atoms with Gasteiger partial charge in [-0.3, -0.25) is 19.5 Å². The third kappa shape index (κ3) is 7.89. The SMILES string of the molecule is CCCCNC(=O)c1cc(C)c(C(=O)NCCC2(N3CCC(N(Cc4cnccc4C)c4ccc(OC)cc4)CC3)CC2)c(C)c1. The monoisotopic (exact) mass is 625 g/mol. The molecule has 2 heterocycles. The Labute approximate surface area is 274 Å². The molecule has 1 saturated heterocycles. The van der Waals surface area contributed by atoms with Crippen molar-refractivity contribution in [2.45, 2.75) is 90.8 Å². The van der Waals surface area contributed by atoms with Crippen molar-refractivity contribution in [3.63, 3.8) is 0 Å². The van der Waals surface area contributed by atoms with Crippen LogP contribution in [0.2, 0.25) is 0 Å². The fourth-order valence-corrected chi connectivity index (χ4v) is 7.00. The second-order valence-electron chi connectivity index (χ2n) is 13.2. The highest BCUT2D eigenvalue weighted by Gasteiger charge is 2.48. The maximum Gasteiger partial charge on any atom is 0.251 e. The van der Waals surface area contributed by atoms with Crippen molar-refractivity contribution in [3.8, 4) is 5.75 Å². The molecule has 1 aromatic heterocycles. The molecule has 8 nitrogen and oxygen atoms in total. The van der Waals surface area contributed by atoms with E-state index in [0.29, 0.717) is 30.3 Å². The smallest absolute Gasteiger partial charge is 0.251 e. The number of nitrogens with zero attached hydrogens (tertiary/aromatic N) is 3. The molecule has 0 radical (unpaired) electrons. The van der Waals surface area contributed by atoms with Gasteiger partial charge in [-0.1, -0.05) is 13.3 Å². The number of methoxy groups -OCH3 is 1. The number of unbranched alkanes of at least 4 members (excludes halogenated alkanes) is 1. The number of piperidine rings is 1. The lowest BCUT2D eigenvalue weighted by molar-refractivity contribution is 0.0928. The molecule has 2 amide bonds. The first kappa shape index (κ1) is 33.5. The number of aromatic nitrogens is 1. The number of benzene rings is 2. The Hall–Kier alpha value is -3.91. The minimum atomic E-state index is -0.0784. The number of hydrogen-bond donors (Lipinski definition) is 2. The number of pyridine rings is 1. The fourth-order valence-electron chi connectivity index (χ4n) is 7.00. The average molecular weight is 626 g/mol. The van der Waals surface area contributed by atoms with Gasteiger partial charge in [0.05, 0.1) is 7.11 Å². The predicted octanol–water partition coefficient (Wildman–Crippen LogP) is 6.37. The number of ether oxygens (including phenoxy) is 1. The van der Waals surface area contributed by atoms with Crippen LogP contribution in [0, 0.1) is 20.8 Å². The minimum Gasteiger partial charge on any atom is -0.497 e. The molecule has 5 rings (SSSR count). The van der Waals surface area contributed by atoms with Gasteiger partial charge in [0.1, 0.15) is 5.75 Å². The van der Waals surface area contributed by atoms with Crippen molar-refractivity contribution in [3.05, 3.63) is 88.2 Å². The van der Waals surface area contributed by atoms with E-state index in [2.05, 4.69) is 57.5 Å². The summed E-state index contributed by atoms with van der Waals surface area (Å²) in [5, 5.41) is 6.18. The Balaban J connectivity index is 1.17. The first-order chi connectivity index (χ1) is 22.2. The molecule has 246 valence electrons. The number of aryl methyl sites for hydroxylation is 3. The predicted molar refractivity (Wildman–Crippen MR) is 185 cm³/mol. The minimum absolute atomic E-state index is 0.0525. The molecule has 0 spiro atoms. The molecule has 1 aliphatic carbocycles. The van der Waals surface area contributed by atoms with Crippen molar-refractivity contribution in [1.82, 2.24) is 20.5 Å². The van der Waals surface area contributed by atoms with Crippen LogP contribution in [0.1, 0.15) is 94.8 Å². The summed E-state index contributed by atoms with van der Waals surface area (Å²) >= 11 is 0. The number of amides is 2. The molecule has 3 aromatic rings. The molecule has 0 atom stereocenters. The van der Waals surface area contributed by atoms with E-state index in [0.717, 1.165) is 68.6 Å². The summed E-state index contributed by atoms with van der Waals surface area (Å²) in [5.74, 6) is 0.736. The lowest BCUT2D eigenvalue weighted by Gasteiger charge is -2.43. The van der Waals surface area contributed by atoms with E-state index in [9.17, 15) is 9.59 Å². The quantitative estimate of drug-likeness (QED) is 0.203. The molecular formula is C38H51N5O3. The number of likely N-dealkylation sites (tertiary alicyclic amines) is 1. The van der Waals surface area contributed by atoms with Crippen LogP contribution in [0.15, 0.2) is 54.9 Å². The first-order valence-corrected chi connectivity index (χ1v) is 17.0. The van der Waals surface area contributed by atoms with E-state index in [-0.39, 0.29) is 17.4 Å². The molecule has 2 N–H and O–H groups in total. The number of nitrogens with one attached hydrogen (secondary N) is 2. The van der Waals surface area contributed by atoms with Gasteiger partial charge in [-0.25, -0.2) is 0 Å². The zero-order valence-corrected chi connectivity index (χ0v) is 28.3. The lowest BCUT2D eigenvalue weighted by Crippen LogP contribution is -2.50. The van der Waals surface area contributed by atoms with Crippen LogP contribution in [0.4, 0.5) is 5.69 Å². The molecule has 46 heavy (non-hydrogen) atoms. The van der Waals surface area contributed by atoms with E-state index in [1.54, 1.807) is 7.11 Å². The summed E-state index contributed by atoms with van der Waals surface area (Å²) in [6.07, 6.45) is 11.4. The highest BCUT2D eigenvalue weighted by Crippen LogP contribution is 2.46. The number of carbonyl (C=O) groups is 2. The summed E-state index contributed by atoms with van der Waals surface area (Å²) in [7, 11) is 1.71. The summed E-state index contributed by atoms with van der Waals surface area (Å²) in [6.45, 7) is 12.4. The van der Waals surface area contributed by atoms with Crippen LogP contribution in [-0.4, -0.2) is 66.6 Å². The molecule has 8 heteroatoms. The Bertz CT molecular complexity index is 1470. The highest BCUT2D eigenvalue weighted by molar-refractivity contribution is 6.00. The van der Waals surface area contributed by atoms with Crippen molar-refractivity contribution in [2.75, 3.05) is 38.2 Å². The lowest BCUT2D eigenvalue weighted by atomic mass is 9.97. The summed E-state index contributed by atoms with van der Waals surface area (Å²) in [6, 6.07) is 14.6. The second-order valence-corrected chi connectivity index (χ2v) is 13.2. The Kier molecular flexibility index (Phi) is 11.0. The number of hydrogen-bond acceptors (Lipinski definition) is 6. The molecule has 2 fully saturated rings. The van der Waals surface area contributed by atoms with E-state index < -0.39 is 0 Å². The van der Waals surface area contributed by atoms with Crippen LogP contribution < -0.4 is 20.3 Å². The summed E-state index contributed by atoms with van der Waals surface area (Å²) in [4.78, 5) is 35.5. The van der Waals surface area contributed by atoms with Gasteiger partial charge in [-0.2, -0.15) is 0 Å². The zero-order valence-electron chi connectivity index (χ0n) is 28.3. The highest BCUT2D eigenvalue weighted by atomic mass is 16.5. The van der Waals surface area contributed by atoms with Crippen LogP contribution >= 0.6 is 0 Å². The fraction of sp³-hybridized carbons (Fsp3) is 0.500. The maximum atomic E-state index is 13.3. The normalized spacial score (nSPS) is 16.1. The Morgan fingerprint density at radius 1 is 0.957 bits per heavy atom. The van der Waals surface area contributed by atoms with Crippen molar-refractivity contribution >= 4 is 17.5 Å². The maximum absolute atomic E-state index is 13.3. The third-order valence-electron chi connectivity index (χ3n) is 10.0. The van der Waals surface area contributed by atoms with Crippen molar-refractivity contribution in [1.29, 1.82) is 0 Å². The van der Waals surface area contributed by atoms with E-state index >= 15 is 0 Å². The molecule has 0 bridgehead atoms. The molecular weight excluding hydrogens is 574 g/mol. The van der Waals surface area contributed by atoms with Gasteiger partial charge in [0.2, 0.25) is 0 Å². The van der Waals surface area contributed by atoms with Gasteiger partial charge in [0.25, 0.3) is 11.8 Å². The van der Waals surface area contributed by atoms with Crippen LogP contribution in [0.3, 0.4) is 0 Å². The van der Waals surface area contributed by atoms with Crippen molar-refractivity contribution < 1.29 is 14.3 Å². The Morgan fingerprint density at radius 3 is 2.24 bits per heavy atom. The second kappa shape index (κ2) is 15.1. The number of anilines is 1. The zero-order chi connectivity index (χ0) is 32.7. The molecule has 0 unspecified atom stereocenters. The molecule has 1 saturated carbocycles. The van der Waals surface area contributed by atoms with Gasteiger partial charge in [0.15, 0.2) is 0 Å². The third-order valence-corrected chi connectivity index (χ3v) is 10.0. The molecule has 2 aromatic carbocycles. The van der Waals surface area contributed by atoms with Crippen molar-refractivity contribution in [2.24, 2.45) is 0 Å². The largest absolute Gasteiger partial charge is 0.497 e. The average Bonchev–Trinajstić information content (AvgIpc) is 3.85. The van der Waals surface area contributed by atoms with Crippen LogP contribution in [0.25, 0.3) is 0 Å². The number of carbonyl (C=O) groups excluding carboxylic acids is 2. The number of rotatable bonds is 14. The van der Waals surface area contributed by atoms with E-state index in [1.165, 1.54) is 29.7 Å². The van der Waals surface area contributed by atoms with Gasteiger partial charge in [-0.05, 0) is 124 Å². The van der Waals surface area contributed by atoms with E-state index in [1.807, 2.05) is 50.5 Å². The summed E-state index contributed by atoms with van der Waals surface area (Å²) in [5.41, 5.74) is 6.89. The van der Waals surface area contributed by atoms with Crippen LogP contribution in [-0.2, 0) is 6.54 Å². The topological polar surface area (TPSA) is 86.8 Å². The van der Waals surface area contributed by atoms with Crippen LogP contribution in [0.5, 0.6) is 5.75 Å². The standard InChI is InChI=1S/C38H51N5O3/c1-6-7-18-40-36(44)30-23-28(3)35(29(4)24-30)37(45)41-20-17-38(15-16-38)42-21-13-33(14-22-42)43(26-31-25-39-19-12-27(31)2)32-8-10-34(46-5)11-9-32/h8-12,19,23-25,33H,6-7,13-18,20-22,26H2,1-5H3,(H,40,44)(H,41,45). The van der Waals surface area contributed by atoms with Gasteiger partial charge >= 0.3 is 0 Å². The van der Waals surface area contributed by atoms with E-state index in [4.69, 9.17) is 4.74 Å². The van der Waals surface area contributed by atoms with Gasteiger partial charge in [-0.15, -0.1) is 0 Å². The van der Waals surface area contributed by atoms with Gasteiger partial charge in [0, 0.05) is 73.5 Å². The summed E-state index contributed by atoms with van der Waals surface area (Å²) < 4.78 is 5.43.